The van der Waals surface area contributed by atoms with Crippen molar-refractivity contribution >= 4 is 28.6 Å². The van der Waals surface area contributed by atoms with Gasteiger partial charge in [-0.05, 0) is 41.9 Å². The minimum atomic E-state index is -0.733. The summed E-state index contributed by atoms with van der Waals surface area (Å²) in [5.74, 6) is 1.32. The molecule has 0 N–H and O–H groups in total. The Labute approximate surface area is 204 Å². The number of para-hydroxylation sites is 1. The maximum absolute atomic E-state index is 13.7. The number of rotatable bonds is 9. The van der Waals surface area contributed by atoms with Crippen LogP contribution >= 0.6 is 22.7 Å². The number of carbonyl (C=O) groups is 1. The van der Waals surface area contributed by atoms with E-state index in [1.54, 1.807) is 22.7 Å². The molecule has 3 saturated heterocycles. The van der Waals surface area contributed by atoms with Crippen LogP contribution in [0.1, 0.15) is 35.9 Å². The molecule has 1 aromatic carbocycles. The van der Waals surface area contributed by atoms with E-state index < -0.39 is 5.41 Å². The molecule has 0 saturated carbocycles. The van der Waals surface area contributed by atoms with Crippen molar-refractivity contribution in [2.24, 2.45) is 5.92 Å². The molecular weight excluding hydrogens is 450 g/mol. The minimum Gasteiger partial charge on any atom is -0.493 e. The van der Waals surface area contributed by atoms with Crippen molar-refractivity contribution in [3.05, 3.63) is 75.1 Å². The highest BCUT2D eigenvalue weighted by atomic mass is 32.1. The Morgan fingerprint density at radius 3 is 2.27 bits per heavy atom. The van der Waals surface area contributed by atoms with Crippen LogP contribution in [0.5, 0.6) is 5.75 Å². The van der Waals surface area contributed by atoms with E-state index >= 15 is 0 Å². The summed E-state index contributed by atoms with van der Waals surface area (Å²) in [6.07, 6.45) is 3.31. The molecule has 3 aromatic rings. The number of benzene rings is 1. The van der Waals surface area contributed by atoms with Gasteiger partial charge in [0, 0.05) is 34.9 Å². The summed E-state index contributed by atoms with van der Waals surface area (Å²) < 4.78 is 13.3. The largest absolute Gasteiger partial charge is 0.493 e. The summed E-state index contributed by atoms with van der Waals surface area (Å²) in [5.41, 5.74) is -0.733. The number of hydrogen-bond donors (Lipinski definition) is 0. The van der Waals surface area contributed by atoms with Crippen LogP contribution in [-0.2, 0) is 14.9 Å². The average Bonchev–Trinajstić information content (AvgIpc) is 3.58. The van der Waals surface area contributed by atoms with Gasteiger partial charge in [0.05, 0.1) is 26.2 Å². The first kappa shape index (κ1) is 22.6. The van der Waals surface area contributed by atoms with Gasteiger partial charge in [0.2, 0.25) is 0 Å². The second-order valence-electron chi connectivity index (χ2n) is 9.57. The Balaban J connectivity index is 1.24. The van der Waals surface area contributed by atoms with Gasteiger partial charge in [0.1, 0.15) is 17.7 Å². The predicted octanol–water partition coefficient (Wildman–Crippen LogP) is 5.74. The van der Waals surface area contributed by atoms with Gasteiger partial charge < -0.3 is 14.0 Å². The highest BCUT2D eigenvalue weighted by molar-refractivity contribution is 7.12. The predicted molar refractivity (Wildman–Crippen MR) is 134 cm³/mol. The molecule has 174 valence electrons. The third-order valence-corrected chi connectivity index (χ3v) is 9.71. The van der Waals surface area contributed by atoms with Crippen molar-refractivity contribution in [3.8, 4) is 5.75 Å². The van der Waals surface area contributed by atoms with Crippen LogP contribution in [0.25, 0.3) is 0 Å². The zero-order valence-electron chi connectivity index (χ0n) is 19.2. The highest BCUT2D eigenvalue weighted by Crippen LogP contribution is 2.41. The monoisotopic (exact) mass is 482 g/mol. The van der Waals surface area contributed by atoms with Crippen LogP contribution in [0.3, 0.4) is 0 Å². The molecule has 0 amide bonds. The standard InChI is InChI=1S/C27H32NO3S2/c1-27(24-10-5-18-32-24,25-11-6-19-33-25)26(29)31-23-20-28(15-12-21(23)13-16-28)14-7-17-30-22-8-3-2-4-9-22/h2-6,8-11,18-19,21,23H,7,12-17,20H2,1H3/q+1. The lowest BCUT2D eigenvalue weighted by Gasteiger charge is -2.52. The van der Waals surface area contributed by atoms with Gasteiger partial charge in [0.25, 0.3) is 0 Å². The molecule has 5 heterocycles. The van der Waals surface area contributed by atoms with Crippen LogP contribution in [0.15, 0.2) is 65.4 Å². The zero-order chi connectivity index (χ0) is 22.7. The van der Waals surface area contributed by atoms with Gasteiger partial charge >= 0.3 is 5.97 Å². The molecule has 0 radical (unpaired) electrons. The fourth-order valence-corrected chi connectivity index (χ4v) is 7.32. The molecule has 3 fully saturated rings. The molecule has 2 bridgehead atoms. The smallest absolute Gasteiger partial charge is 0.322 e. The number of hydrogen-bond acceptors (Lipinski definition) is 5. The molecule has 3 aliphatic rings. The Hall–Kier alpha value is -2.15. The molecule has 6 rings (SSSR count). The Kier molecular flexibility index (Phi) is 6.59. The summed E-state index contributed by atoms with van der Waals surface area (Å²) in [6.45, 7) is 7.16. The molecule has 33 heavy (non-hydrogen) atoms. The number of ether oxygens (including phenoxy) is 2. The van der Waals surface area contributed by atoms with Crippen molar-refractivity contribution in [1.82, 2.24) is 0 Å². The van der Waals surface area contributed by atoms with Crippen molar-refractivity contribution in [1.29, 1.82) is 0 Å². The molecule has 0 spiro atoms. The molecule has 6 heteroatoms. The van der Waals surface area contributed by atoms with Crippen molar-refractivity contribution in [3.63, 3.8) is 0 Å². The Morgan fingerprint density at radius 1 is 1.00 bits per heavy atom. The normalized spacial score (nSPS) is 24.5. The molecule has 1 atom stereocenters. The highest BCUT2D eigenvalue weighted by Gasteiger charge is 2.50. The van der Waals surface area contributed by atoms with E-state index in [-0.39, 0.29) is 12.1 Å². The lowest BCUT2D eigenvalue weighted by Crippen LogP contribution is -2.65. The SMILES string of the molecule is CC(C(=O)OC1C[N+]2(CCCOc3ccccc3)CCC1CC2)(c1cccs1)c1cccs1. The molecule has 3 aliphatic heterocycles. The van der Waals surface area contributed by atoms with E-state index in [1.165, 1.54) is 13.1 Å². The lowest BCUT2D eigenvalue weighted by atomic mass is 9.82. The van der Waals surface area contributed by atoms with Crippen molar-refractivity contribution in [2.45, 2.75) is 37.7 Å². The van der Waals surface area contributed by atoms with E-state index in [0.29, 0.717) is 5.92 Å². The fraction of sp³-hybridized carbons (Fsp3) is 0.444. The number of quaternary nitrogens is 1. The van der Waals surface area contributed by atoms with Crippen LogP contribution in [0.2, 0.25) is 0 Å². The van der Waals surface area contributed by atoms with Gasteiger partial charge in [-0.3, -0.25) is 4.79 Å². The second-order valence-corrected chi connectivity index (χ2v) is 11.5. The van der Waals surface area contributed by atoms with Crippen LogP contribution in [0, 0.1) is 5.92 Å². The van der Waals surface area contributed by atoms with Crippen LogP contribution in [-0.4, -0.2) is 49.3 Å². The Morgan fingerprint density at radius 2 is 1.67 bits per heavy atom. The van der Waals surface area contributed by atoms with Gasteiger partial charge in [-0.2, -0.15) is 0 Å². The molecule has 1 unspecified atom stereocenters. The van der Waals surface area contributed by atoms with E-state index in [2.05, 4.69) is 12.1 Å². The maximum Gasteiger partial charge on any atom is 0.322 e. The number of esters is 1. The first-order chi connectivity index (χ1) is 16.1. The fourth-order valence-electron chi connectivity index (χ4n) is 5.48. The van der Waals surface area contributed by atoms with Crippen LogP contribution < -0.4 is 4.74 Å². The topological polar surface area (TPSA) is 35.5 Å². The summed E-state index contributed by atoms with van der Waals surface area (Å²) in [7, 11) is 0. The zero-order valence-corrected chi connectivity index (χ0v) is 20.8. The van der Waals surface area contributed by atoms with Gasteiger partial charge in [-0.15, -0.1) is 22.7 Å². The van der Waals surface area contributed by atoms with Gasteiger partial charge in [-0.25, -0.2) is 0 Å². The second kappa shape index (κ2) is 9.61. The van der Waals surface area contributed by atoms with E-state index in [9.17, 15) is 4.79 Å². The van der Waals surface area contributed by atoms with E-state index in [1.807, 2.05) is 60.1 Å². The Bertz CT molecular complexity index is 991. The number of nitrogens with zero attached hydrogens (tertiary/aromatic N) is 1. The molecular formula is C27H32NO3S2+. The molecule has 4 nitrogen and oxygen atoms in total. The third kappa shape index (κ3) is 4.61. The van der Waals surface area contributed by atoms with Crippen molar-refractivity contribution < 1.29 is 18.8 Å². The number of fused-ring (bicyclic) bond motifs is 3. The van der Waals surface area contributed by atoms with Crippen LogP contribution in [0.4, 0.5) is 0 Å². The number of piperidine rings is 3. The van der Waals surface area contributed by atoms with Gasteiger partial charge in [-0.1, -0.05) is 30.3 Å². The summed E-state index contributed by atoms with van der Waals surface area (Å²) in [6, 6.07) is 18.2. The van der Waals surface area contributed by atoms with Crippen molar-refractivity contribution in [2.75, 3.05) is 32.8 Å². The number of carbonyl (C=O) groups excluding carboxylic acids is 1. The average molecular weight is 483 g/mol. The summed E-state index contributed by atoms with van der Waals surface area (Å²) in [4.78, 5) is 15.8. The third-order valence-electron chi connectivity index (χ3n) is 7.52. The lowest BCUT2D eigenvalue weighted by molar-refractivity contribution is -0.946. The quantitative estimate of drug-likeness (QED) is 0.222. The summed E-state index contributed by atoms with van der Waals surface area (Å²) in [5, 5.41) is 4.08. The molecule has 0 aliphatic carbocycles. The first-order valence-electron chi connectivity index (χ1n) is 11.9. The summed E-state index contributed by atoms with van der Waals surface area (Å²) >= 11 is 3.27. The van der Waals surface area contributed by atoms with E-state index in [4.69, 9.17) is 9.47 Å². The maximum atomic E-state index is 13.7. The first-order valence-corrected chi connectivity index (χ1v) is 13.7. The van der Waals surface area contributed by atoms with Gasteiger partial charge in [0.15, 0.2) is 6.10 Å². The van der Waals surface area contributed by atoms with E-state index in [0.717, 1.165) is 58.9 Å². The minimum absolute atomic E-state index is 0.00860. The number of thiophene rings is 2. The molecule has 2 aromatic heterocycles.